The Hall–Kier alpha value is -2.35. The van der Waals surface area contributed by atoms with Crippen LogP contribution in [0.15, 0.2) is 54.6 Å². The van der Waals surface area contributed by atoms with Crippen LogP contribution in [0.1, 0.15) is 43.0 Å². The third kappa shape index (κ3) is 3.68. The fraction of sp³-hybridized carbons (Fsp3) is 0.348. The topological polar surface area (TPSA) is 22.1 Å². The maximum absolute atomic E-state index is 5.98. The van der Waals surface area contributed by atoms with Gasteiger partial charge in [0.2, 0.25) is 0 Å². The van der Waals surface area contributed by atoms with Crippen LogP contribution in [0.3, 0.4) is 0 Å². The zero-order valence-electron chi connectivity index (χ0n) is 14.9. The predicted octanol–water partition coefficient (Wildman–Crippen LogP) is 5.72. The van der Waals surface area contributed by atoms with E-state index in [-0.39, 0.29) is 0 Å². The summed E-state index contributed by atoms with van der Waals surface area (Å²) in [5.41, 5.74) is 5.02. The number of fused-ring (bicyclic) bond motifs is 2. The smallest absolute Gasteiger partial charge is 0.120 e. The molecule has 4 rings (SSSR count). The molecule has 1 aliphatic carbocycles. The van der Waals surface area contributed by atoms with E-state index in [0.29, 0.717) is 6.61 Å². The van der Waals surface area contributed by atoms with E-state index >= 15 is 0 Å². The summed E-state index contributed by atoms with van der Waals surface area (Å²) in [6.07, 6.45) is 6.21. The van der Waals surface area contributed by atoms with Gasteiger partial charge in [0.05, 0.1) is 5.52 Å². The summed E-state index contributed by atoms with van der Waals surface area (Å²) >= 11 is 0. The first-order valence-electron chi connectivity index (χ1n) is 9.41. The van der Waals surface area contributed by atoms with Gasteiger partial charge in [-0.3, -0.25) is 4.98 Å². The number of rotatable bonds is 5. The first-order valence-corrected chi connectivity index (χ1v) is 9.41. The van der Waals surface area contributed by atoms with E-state index in [1.807, 2.05) is 24.3 Å². The monoisotopic (exact) mass is 331 g/mol. The van der Waals surface area contributed by atoms with E-state index in [1.165, 1.54) is 47.9 Å². The lowest BCUT2D eigenvalue weighted by molar-refractivity contribution is 0.306. The molecule has 0 saturated heterocycles. The van der Waals surface area contributed by atoms with Gasteiger partial charge in [0.25, 0.3) is 0 Å². The van der Waals surface area contributed by atoms with Crippen LogP contribution in [0.4, 0.5) is 0 Å². The van der Waals surface area contributed by atoms with Crippen molar-refractivity contribution < 1.29 is 4.74 Å². The molecule has 0 amide bonds. The number of hydrogen-bond donors (Lipinski definition) is 0. The van der Waals surface area contributed by atoms with Gasteiger partial charge in [-0.05, 0) is 60.6 Å². The van der Waals surface area contributed by atoms with Crippen molar-refractivity contribution >= 4 is 10.9 Å². The summed E-state index contributed by atoms with van der Waals surface area (Å²) in [5, 5.41) is 1.20. The van der Waals surface area contributed by atoms with E-state index < -0.39 is 0 Å². The SMILES string of the molecule is CCC[C@H]1CCc2nc3ccc(OCc4ccccc4)cc3cc2C1. The van der Waals surface area contributed by atoms with E-state index in [2.05, 4.69) is 37.3 Å². The van der Waals surface area contributed by atoms with Crippen molar-refractivity contribution in [2.45, 2.75) is 45.6 Å². The lowest BCUT2D eigenvalue weighted by atomic mass is 9.83. The van der Waals surface area contributed by atoms with Crippen LogP contribution in [-0.4, -0.2) is 4.98 Å². The Morgan fingerprint density at radius 1 is 1.08 bits per heavy atom. The van der Waals surface area contributed by atoms with Crippen molar-refractivity contribution in [3.63, 3.8) is 0 Å². The van der Waals surface area contributed by atoms with Crippen LogP contribution < -0.4 is 4.74 Å². The fourth-order valence-electron chi connectivity index (χ4n) is 3.87. The second kappa shape index (κ2) is 7.26. The summed E-state index contributed by atoms with van der Waals surface area (Å²) in [4.78, 5) is 4.91. The lowest BCUT2D eigenvalue weighted by Gasteiger charge is -2.24. The van der Waals surface area contributed by atoms with Crippen LogP contribution in [-0.2, 0) is 19.4 Å². The maximum Gasteiger partial charge on any atom is 0.120 e. The summed E-state index contributed by atoms with van der Waals surface area (Å²) < 4.78 is 5.98. The second-order valence-corrected chi connectivity index (χ2v) is 7.12. The van der Waals surface area contributed by atoms with E-state index in [0.717, 1.165) is 23.6 Å². The van der Waals surface area contributed by atoms with Crippen molar-refractivity contribution in [2.75, 3.05) is 0 Å². The number of pyridine rings is 1. The minimum Gasteiger partial charge on any atom is -0.489 e. The van der Waals surface area contributed by atoms with Crippen molar-refractivity contribution in [1.29, 1.82) is 0 Å². The molecule has 1 aliphatic rings. The highest BCUT2D eigenvalue weighted by molar-refractivity contribution is 5.81. The predicted molar refractivity (Wildman–Crippen MR) is 103 cm³/mol. The number of benzene rings is 2. The molecule has 0 radical (unpaired) electrons. The van der Waals surface area contributed by atoms with E-state index in [4.69, 9.17) is 9.72 Å². The molecule has 2 heteroatoms. The molecule has 25 heavy (non-hydrogen) atoms. The molecule has 1 heterocycles. The van der Waals surface area contributed by atoms with Gasteiger partial charge in [-0.15, -0.1) is 0 Å². The molecule has 2 aromatic carbocycles. The molecule has 3 aromatic rings. The van der Waals surface area contributed by atoms with Gasteiger partial charge in [-0.1, -0.05) is 50.1 Å². The van der Waals surface area contributed by atoms with Crippen molar-refractivity contribution in [3.05, 3.63) is 71.4 Å². The van der Waals surface area contributed by atoms with E-state index in [9.17, 15) is 0 Å². The highest BCUT2D eigenvalue weighted by atomic mass is 16.5. The van der Waals surface area contributed by atoms with Crippen molar-refractivity contribution in [2.24, 2.45) is 5.92 Å². The van der Waals surface area contributed by atoms with Gasteiger partial charge in [0, 0.05) is 11.1 Å². The molecule has 0 spiro atoms. The van der Waals surface area contributed by atoms with Crippen LogP contribution in [0.25, 0.3) is 10.9 Å². The minimum atomic E-state index is 0.600. The molecule has 1 aromatic heterocycles. The first-order chi connectivity index (χ1) is 12.3. The summed E-state index contributed by atoms with van der Waals surface area (Å²) in [6.45, 7) is 2.88. The highest BCUT2D eigenvalue weighted by Crippen LogP contribution is 2.31. The Kier molecular flexibility index (Phi) is 4.69. The Morgan fingerprint density at radius 2 is 1.96 bits per heavy atom. The average Bonchev–Trinajstić information content (AvgIpc) is 2.65. The molecule has 128 valence electrons. The standard InChI is InChI=1S/C23H25NO/c1-2-6-17-9-11-22-19(13-17)14-20-15-21(10-12-23(20)24-22)25-16-18-7-4-3-5-8-18/h3-5,7-8,10,12,14-15,17H,2,6,9,11,13,16H2,1H3/t17-/m0/s1. The first kappa shape index (κ1) is 16.1. The molecule has 1 atom stereocenters. The molecular formula is C23H25NO. The Morgan fingerprint density at radius 3 is 2.80 bits per heavy atom. The normalized spacial score (nSPS) is 16.6. The summed E-state index contributed by atoms with van der Waals surface area (Å²) in [5.74, 6) is 1.74. The quantitative estimate of drug-likeness (QED) is 0.596. The molecule has 0 fully saturated rings. The van der Waals surface area contributed by atoms with Gasteiger partial charge in [0.15, 0.2) is 0 Å². The van der Waals surface area contributed by atoms with Crippen LogP contribution in [0.5, 0.6) is 5.75 Å². The third-order valence-corrected chi connectivity index (χ3v) is 5.20. The number of nitrogens with zero attached hydrogens (tertiary/aromatic N) is 1. The van der Waals surface area contributed by atoms with Gasteiger partial charge in [-0.2, -0.15) is 0 Å². The Bertz CT molecular complexity index is 857. The van der Waals surface area contributed by atoms with Crippen LogP contribution >= 0.6 is 0 Å². The molecule has 0 aliphatic heterocycles. The van der Waals surface area contributed by atoms with Crippen LogP contribution in [0, 0.1) is 5.92 Å². The Balaban J connectivity index is 1.55. The zero-order chi connectivity index (χ0) is 17.1. The lowest BCUT2D eigenvalue weighted by Crippen LogP contribution is -2.15. The summed E-state index contributed by atoms with van der Waals surface area (Å²) in [6, 6.07) is 18.9. The molecule has 2 nitrogen and oxygen atoms in total. The van der Waals surface area contributed by atoms with Crippen molar-refractivity contribution in [3.8, 4) is 5.75 Å². The molecule has 0 saturated carbocycles. The highest BCUT2D eigenvalue weighted by Gasteiger charge is 2.19. The number of aryl methyl sites for hydroxylation is 1. The molecule has 0 N–H and O–H groups in total. The molecule has 0 bridgehead atoms. The molecular weight excluding hydrogens is 306 g/mol. The average molecular weight is 331 g/mol. The molecule has 0 unspecified atom stereocenters. The number of aromatic nitrogens is 1. The van der Waals surface area contributed by atoms with Crippen LogP contribution in [0.2, 0.25) is 0 Å². The van der Waals surface area contributed by atoms with Gasteiger partial charge in [0.1, 0.15) is 12.4 Å². The van der Waals surface area contributed by atoms with Gasteiger partial charge < -0.3 is 4.74 Å². The Labute approximate surface area is 149 Å². The fourth-order valence-corrected chi connectivity index (χ4v) is 3.87. The summed E-state index contributed by atoms with van der Waals surface area (Å²) in [7, 11) is 0. The third-order valence-electron chi connectivity index (χ3n) is 5.20. The largest absolute Gasteiger partial charge is 0.489 e. The van der Waals surface area contributed by atoms with Crippen molar-refractivity contribution in [1.82, 2.24) is 4.98 Å². The van der Waals surface area contributed by atoms with E-state index in [1.54, 1.807) is 0 Å². The maximum atomic E-state index is 5.98. The number of hydrogen-bond acceptors (Lipinski definition) is 2. The number of ether oxygens (including phenoxy) is 1. The van der Waals surface area contributed by atoms with Gasteiger partial charge in [-0.25, -0.2) is 0 Å². The van der Waals surface area contributed by atoms with Gasteiger partial charge >= 0.3 is 0 Å². The minimum absolute atomic E-state index is 0.600. The second-order valence-electron chi connectivity index (χ2n) is 7.12. The zero-order valence-corrected chi connectivity index (χ0v) is 14.9.